The van der Waals surface area contributed by atoms with E-state index < -0.39 is 0 Å². The second-order valence-electron chi connectivity index (χ2n) is 4.21. The summed E-state index contributed by atoms with van der Waals surface area (Å²) in [6.07, 6.45) is 1.44. The Morgan fingerprint density at radius 2 is 2.14 bits per heavy atom. The summed E-state index contributed by atoms with van der Waals surface area (Å²) in [6, 6.07) is 5.09. The van der Waals surface area contributed by atoms with Gasteiger partial charge in [-0.1, -0.05) is 34.5 Å². The number of alkyl halides is 1. The van der Waals surface area contributed by atoms with Gasteiger partial charge in [0.2, 0.25) is 11.0 Å². The Labute approximate surface area is 146 Å². The molecule has 2 aromatic rings. The number of hydrogen-bond donors (Lipinski definition) is 1. The molecule has 0 aliphatic rings. The summed E-state index contributed by atoms with van der Waals surface area (Å²) in [5, 5.41) is 12.7. The molecule has 0 atom stereocenters. The smallest absolute Gasteiger partial charge is 0.241 e. The Bertz CT molecular complexity index is 651. The van der Waals surface area contributed by atoms with Crippen LogP contribution >= 0.6 is 46.1 Å². The molecule has 1 N–H and O–H groups in total. The van der Waals surface area contributed by atoms with Crippen molar-refractivity contribution in [3.8, 4) is 5.75 Å². The third-order valence-electron chi connectivity index (χ3n) is 2.52. The monoisotopic (exact) mass is 379 g/mol. The van der Waals surface area contributed by atoms with Crippen molar-refractivity contribution in [2.45, 2.75) is 12.8 Å². The Hall–Kier alpha value is -1.08. The van der Waals surface area contributed by atoms with Crippen LogP contribution in [0.3, 0.4) is 0 Å². The fraction of sp³-hybridized carbons (Fsp3) is 0.308. The van der Waals surface area contributed by atoms with Gasteiger partial charge in [-0.3, -0.25) is 10.1 Å². The maximum atomic E-state index is 11.1. The molecule has 0 saturated carbocycles. The van der Waals surface area contributed by atoms with Gasteiger partial charge in [0.15, 0.2) is 0 Å². The molecule has 1 aromatic heterocycles. The van der Waals surface area contributed by atoms with Gasteiger partial charge in [0, 0.05) is 11.4 Å². The van der Waals surface area contributed by atoms with Gasteiger partial charge in [0.1, 0.15) is 16.6 Å². The van der Waals surface area contributed by atoms with Crippen LogP contribution in [-0.4, -0.2) is 28.6 Å². The van der Waals surface area contributed by atoms with Crippen LogP contribution in [0.2, 0.25) is 10.0 Å². The highest BCUT2D eigenvalue weighted by molar-refractivity contribution is 7.15. The van der Waals surface area contributed by atoms with Crippen LogP contribution in [0.25, 0.3) is 0 Å². The zero-order valence-corrected chi connectivity index (χ0v) is 14.4. The van der Waals surface area contributed by atoms with Crippen LogP contribution in [0.1, 0.15) is 11.4 Å². The maximum absolute atomic E-state index is 11.1. The van der Waals surface area contributed by atoms with E-state index in [9.17, 15) is 4.79 Å². The summed E-state index contributed by atoms with van der Waals surface area (Å²) >= 11 is 18.5. The average Bonchev–Trinajstić information content (AvgIpc) is 2.92. The van der Waals surface area contributed by atoms with Gasteiger partial charge in [0.05, 0.1) is 11.6 Å². The molecule has 0 unspecified atom stereocenters. The largest absolute Gasteiger partial charge is 0.492 e. The molecule has 1 aromatic carbocycles. The van der Waals surface area contributed by atoms with E-state index in [0.29, 0.717) is 34.0 Å². The highest BCUT2D eigenvalue weighted by Gasteiger charge is 2.07. The first-order valence-electron chi connectivity index (χ1n) is 6.34. The summed E-state index contributed by atoms with van der Waals surface area (Å²) in [6.45, 7) is 0.490. The van der Waals surface area contributed by atoms with Crippen molar-refractivity contribution in [2.24, 2.45) is 0 Å². The number of amides is 1. The third-order valence-corrected chi connectivity index (χ3v) is 4.19. The minimum absolute atomic E-state index is 0.107. The van der Waals surface area contributed by atoms with Crippen LogP contribution in [0.5, 0.6) is 5.75 Å². The first-order chi connectivity index (χ1) is 10.6. The maximum Gasteiger partial charge on any atom is 0.241 e. The molecule has 1 heterocycles. The first kappa shape index (κ1) is 17.3. The van der Waals surface area contributed by atoms with E-state index in [4.69, 9.17) is 39.5 Å². The number of carbonyl (C=O) groups excluding carboxylic acids is 1. The van der Waals surface area contributed by atoms with Crippen LogP contribution < -0.4 is 10.1 Å². The van der Waals surface area contributed by atoms with E-state index in [0.717, 1.165) is 11.4 Å². The number of rotatable bonds is 7. The number of carbonyl (C=O) groups is 1. The normalized spacial score (nSPS) is 10.5. The molecule has 0 bridgehead atoms. The van der Waals surface area contributed by atoms with Gasteiger partial charge in [-0.2, -0.15) is 0 Å². The molecule has 0 radical (unpaired) electrons. The van der Waals surface area contributed by atoms with E-state index in [1.54, 1.807) is 18.2 Å². The fourth-order valence-electron chi connectivity index (χ4n) is 1.56. The standard InChI is InChI=1S/C13H12Cl3N3O2S/c14-7-11(20)17-13-19-18-12(22-13)2-1-5-21-10-4-3-8(15)6-9(10)16/h3-4,6H,1-2,5,7H2,(H,17,19,20). The third kappa shape index (κ3) is 5.28. The predicted octanol–water partition coefficient (Wildman–Crippen LogP) is 4.03. The van der Waals surface area contributed by atoms with Crippen molar-refractivity contribution in [2.75, 3.05) is 17.8 Å². The highest BCUT2D eigenvalue weighted by atomic mass is 35.5. The zero-order chi connectivity index (χ0) is 15.9. The van der Waals surface area contributed by atoms with E-state index >= 15 is 0 Å². The van der Waals surface area contributed by atoms with Crippen molar-refractivity contribution < 1.29 is 9.53 Å². The Kier molecular flexibility index (Phi) is 6.70. The molecule has 9 heteroatoms. The quantitative estimate of drug-likeness (QED) is 0.582. The number of nitrogens with zero attached hydrogens (tertiary/aromatic N) is 2. The number of hydrogen-bond acceptors (Lipinski definition) is 5. The minimum Gasteiger partial charge on any atom is -0.492 e. The van der Waals surface area contributed by atoms with Crippen LogP contribution in [0, 0.1) is 0 Å². The van der Waals surface area contributed by atoms with E-state index in [2.05, 4.69) is 15.5 Å². The van der Waals surface area contributed by atoms with Crippen LogP contribution in [0.4, 0.5) is 5.13 Å². The molecule has 118 valence electrons. The number of benzene rings is 1. The van der Waals surface area contributed by atoms with Crippen molar-refractivity contribution in [3.05, 3.63) is 33.3 Å². The lowest BCUT2D eigenvalue weighted by Crippen LogP contribution is -2.12. The second kappa shape index (κ2) is 8.53. The Morgan fingerprint density at radius 3 is 2.86 bits per heavy atom. The van der Waals surface area contributed by atoms with Gasteiger partial charge in [-0.05, 0) is 24.6 Å². The summed E-state index contributed by atoms with van der Waals surface area (Å²) in [5.41, 5.74) is 0. The van der Waals surface area contributed by atoms with Gasteiger partial charge >= 0.3 is 0 Å². The summed E-state index contributed by atoms with van der Waals surface area (Å²) < 4.78 is 5.58. The molecular weight excluding hydrogens is 369 g/mol. The van der Waals surface area contributed by atoms with Crippen molar-refractivity contribution in [1.29, 1.82) is 0 Å². The van der Waals surface area contributed by atoms with Gasteiger partial charge < -0.3 is 4.74 Å². The number of aryl methyl sites for hydroxylation is 1. The first-order valence-corrected chi connectivity index (χ1v) is 8.45. The molecule has 0 saturated heterocycles. The van der Waals surface area contributed by atoms with Gasteiger partial charge in [0.25, 0.3) is 0 Å². The average molecular weight is 381 g/mol. The zero-order valence-electron chi connectivity index (χ0n) is 11.3. The lowest BCUT2D eigenvalue weighted by atomic mass is 10.3. The number of anilines is 1. The fourth-order valence-corrected chi connectivity index (χ4v) is 2.88. The Morgan fingerprint density at radius 1 is 1.32 bits per heavy atom. The Balaban J connectivity index is 1.76. The van der Waals surface area contributed by atoms with Gasteiger partial charge in [-0.15, -0.1) is 21.8 Å². The lowest BCUT2D eigenvalue weighted by molar-refractivity contribution is -0.113. The minimum atomic E-state index is -0.301. The molecule has 0 fully saturated rings. The summed E-state index contributed by atoms with van der Waals surface area (Å²) in [7, 11) is 0. The summed E-state index contributed by atoms with van der Waals surface area (Å²) in [4.78, 5) is 11.1. The van der Waals surface area contributed by atoms with E-state index in [-0.39, 0.29) is 11.8 Å². The van der Waals surface area contributed by atoms with Crippen LogP contribution in [-0.2, 0) is 11.2 Å². The van der Waals surface area contributed by atoms with E-state index in [1.807, 2.05) is 0 Å². The van der Waals surface area contributed by atoms with Crippen molar-refractivity contribution in [1.82, 2.24) is 10.2 Å². The molecule has 1 amide bonds. The number of nitrogens with one attached hydrogen (secondary N) is 1. The van der Waals surface area contributed by atoms with Crippen molar-refractivity contribution in [3.63, 3.8) is 0 Å². The molecular formula is C13H12Cl3N3O2S. The predicted molar refractivity (Wildman–Crippen MR) is 89.5 cm³/mol. The van der Waals surface area contributed by atoms with E-state index in [1.165, 1.54) is 11.3 Å². The highest BCUT2D eigenvalue weighted by Crippen LogP contribution is 2.27. The van der Waals surface area contributed by atoms with Crippen molar-refractivity contribution >= 4 is 57.2 Å². The number of ether oxygens (including phenoxy) is 1. The number of halogens is 3. The molecule has 22 heavy (non-hydrogen) atoms. The lowest BCUT2D eigenvalue weighted by Gasteiger charge is -2.07. The molecule has 0 spiro atoms. The second-order valence-corrected chi connectivity index (χ2v) is 6.38. The SMILES string of the molecule is O=C(CCl)Nc1nnc(CCCOc2ccc(Cl)cc2Cl)s1. The molecule has 0 aliphatic carbocycles. The van der Waals surface area contributed by atoms with Gasteiger partial charge in [-0.25, -0.2) is 0 Å². The molecule has 2 rings (SSSR count). The summed E-state index contributed by atoms with van der Waals surface area (Å²) in [5.74, 6) is 0.188. The number of aromatic nitrogens is 2. The van der Waals surface area contributed by atoms with Crippen LogP contribution in [0.15, 0.2) is 18.2 Å². The molecule has 5 nitrogen and oxygen atoms in total. The molecule has 0 aliphatic heterocycles. The topological polar surface area (TPSA) is 64.1 Å².